The summed E-state index contributed by atoms with van der Waals surface area (Å²) in [4.78, 5) is 38.4. The minimum atomic E-state index is -0.817. The van der Waals surface area contributed by atoms with Gasteiger partial charge in [-0.05, 0) is 77.0 Å². The average Bonchev–Trinajstić information content (AvgIpc) is 3.48. The van der Waals surface area contributed by atoms with E-state index in [4.69, 9.17) is 14.2 Å². The van der Waals surface area contributed by atoms with Crippen LogP contribution in [0.15, 0.2) is 85.1 Å². The summed E-state index contributed by atoms with van der Waals surface area (Å²) in [6.45, 7) is 6.48. The lowest BCUT2D eigenvalue weighted by Gasteiger charge is -2.18. The molecule has 0 radical (unpaired) electrons. The molecule has 0 saturated carbocycles. The molecule has 0 bridgehead atoms. The van der Waals surface area contributed by atoms with Crippen molar-refractivity contribution in [2.45, 2.75) is 367 Å². The van der Waals surface area contributed by atoms with Crippen LogP contribution in [-0.4, -0.2) is 37.2 Å². The Morgan fingerprint density at radius 2 is 0.524 bits per heavy atom. The van der Waals surface area contributed by atoms with Crippen LogP contribution < -0.4 is 0 Å². The van der Waals surface area contributed by atoms with Crippen molar-refractivity contribution >= 4 is 17.9 Å². The first-order valence-electron chi connectivity index (χ1n) is 35.6. The van der Waals surface area contributed by atoms with Gasteiger partial charge in [0.1, 0.15) is 13.2 Å². The van der Waals surface area contributed by atoms with E-state index in [2.05, 4.69) is 93.7 Å². The Kier molecular flexibility index (Phi) is 67.2. The summed E-state index contributed by atoms with van der Waals surface area (Å²) in [6, 6.07) is 0. The third kappa shape index (κ3) is 67.4. The third-order valence-corrected chi connectivity index (χ3v) is 15.7. The molecule has 6 nitrogen and oxygen atoms in total. The number of allylic oxidation sites excluding steroid dienone is 13. The number of carbonyl (C=O) groups excluding carboxylic acids is 3. The second kappa shape index (κ2) is 70.1. The molecule has 1 unspecified atom stereocenters. The van der Waals surface area contributed by atoms with Crippen LogP contribution in [0.5, 0.6) is 0 Å². The lowest BCUT2D eigenvalue weighted by molar-refractivity contribution is -0.166. The topological polar surface area (TPSA) is 78.9 Å². The lowest BCUT2D eigenvalue weighted by Crippen LogP contribution is -2.30. The van der Waals surface area contributed by atoms with E-state index in [1.54, 1.807) is 0 Å². The smallest absolute Gasteiger partial charge is 0.309 e. The van der Waals surface area contributed by atoms with Crippen LogP contribution in [0.2, 0.25) is 0 Å². The zero-order valence-corrected chi connectivity index (χ0v) is 54.5. The van der Waals surface area contributed by atoms with Crippen molar-refractivity contribution in [3.63, 3.8) is 0 Å². The molecule has 0 heterocycles. The van der Waals surface area contributed by atoms with Crippen molar-refractivity contribution in [2.24, 2.45) is 0 Å². The van der Waals surface area contributed by atoms with E-state index < -0.39 is 12.1 Å². The van der Waals surface area contributed by atoms with Gasteiger partial charge in [0.25, 0.3) is 0 Å². The molecule has 0 N–H and O–H groups in total. The predicted molar refractivity (Wildman–Crippen MR) is 358 cm³/mol. The quantitative estimate of drug-likeness (QED) is 0.0261. The van der Waals surface area contributed by atoms with Crippen molar-refractivity contribution < 1.29 is 28.6 Å². The molecule has 0 aliphatic carbocycles. The standard InChI is InChI=1S/C76H134O6/c1-4-7-10-13-16-19-22-25-28-30-32-34-36-38-40-41-43-45-48-51-54-57-60-63-66-69-75(78)81-72-73(71-80-74(77)68-65-62-59-56-53-50-47-27-24-21-18-15-12-9-6-3)82-76(79)70-67-64-61-58-55-52-49-46-44-42-39-37-35-33-31-29-26-23-20-17-14-11-8-5-2/h9,12,18,21-22,25,27,30,32,47,53,56,62,65,73H,4-8,10-11,13-17,19-20,23-24,26,28-29,31,33-46,48-52,54-55,57-61,63-64,66-72H2,1-3H3/b12-9-,21-18-,25-22-,32-30-,47-27-,56-53-,65-62-. The highest BCUT2D eigenvalue weighted by molar-refractivity contribution is 5.72. The first-order valence-corrected chi connectivity index (χ1v) is 35.6. The molecule has 474 valence electrons. The van der Waals surface area contributed by atoms with Crippen molar-refractivity contribution in [1.82, 2.24) is 0 Å². The van der Waals surface area contributed by atoms with Crippen LogP contribution in [0.4, 0.5) is 0 Å². The maximum Gasteiger partial charge on any atom is 0.309 e. The van der Waals surface area contributed by atoms with Gasteiger partial charge in [-0.1, -0.05) is 350 Å². The number of esters is 3. The Labute approximate surface area is 509 Å². The Morgan fingerprint density at radius 3 is 0.854 bits per heavy atom. The number of rotatable bonds is 65. The summed E-state index contributed by atoms with van der Waals surface area (Å²) in [5.41, 5.74) is 0. The molecule has 0 amide bonds. The maximum absolute atomic E-state index is 13.0. The summed E-state index contributed by atoms with van der Waals surface area (Å²) >= 11 is 0. The van der Waals surface area contributed by atoms with E-state index >= 15 is 0 Å². The van der Waals surface area contributed by atoms with E-state index in [1.165, 1.54) is 244 Å². The molecule has 0 aromatic rings. The van der Waals surface area contributed by atoms with Gasteiger partial charge < -0.3 is 14.2 Å². The molecule has 6 heteroatoms. The molecule has 0 aromatic carbocycles. The number of carbonyl (C=O) groups is 3. The monoisotopic (exact) mass is 1140 g/mol. The van der Waals surface area contributed by atoms with Crippen molar-refractivity contribution in [2.75, 3.05) is 13.2 Å². The van der Waals surface area contributed by atoms with E-state index in [0.717, 1.165) is 77.0 Å². The second-order valence-corrected chi connectivity index (χ2v) is 23.8. The Bertz CT molecular complexity index is 1550. The van der Waals surface area contributed by atoms with Crippen molar-refractivity contribution in [1.29, 1.82) is 0 Å². The van der Waals surface area contributed by atoms with Gasteiger partial charge in [0.2, 0.25) is 0 Å². The number of hydrogen-bond donors (Lipinski definition) is 0. The summed E-state index contributed by atoms with van der Waals surface area (Å²) in [5.74, 6) is -1.02. The van der Waals surface area contributed by atoms with Gasteiger partial charge in [-0.3, -0.25) is 14.4 Å². The van der Waals surface area contributed by atoms with Crippen LogP contribution in [0.3, 0.4) is 0 Å². The Hall–Kier alpha value is -3.41. The van der Waals surface area contributed by atoms with Crippen molar-refractivity contribution in [3.05, 3.63) is 85.1 Å². The molecule has 0 spiro atoms. The van der Waals surface area contributed by atoms with E-state index in [1.807, 2.05) is 12.2 Å². The minimum Gasteiger partial charge on any atom is -0.462 e. The first kappa shape index (κ1) is 78.6. The van der Waals surface area contributed by atoms with Gasteiger partial charge in [0.05, 0.1) is 6.42 Å². The molecule has 0 rings (SSSR count). The van der Waals surface area contributed by atoms with E-state index in [9.17, 15) is 14.4 Å². The number of ether oxygens (including phenoxy) is 3. The highest BCUT2D eigenvalue weighted by Crippen LogP contribution is 2.18. The predicted octanol–water partition coefficient (Wildman–Crippen LogP) is 24.6. The van der Waals surface area contributed by atoms with Crippen LogP contribution in [-0.2, 0) is 28.6 Å². The minimum absolute atomic E-state index is 0.103. The Morgan fingerprint density at radius 1 is 0.268 bits per heavy atom. The van der Waals surface area contributed by atoms with Gasteiger partial charge >= 0.3 is 17.9 Å². The molecule has 0 aliphatic heterocycles. The second-order valence-electron chi connectivity index (χ2n) is 23.8. The zero-order chi connectivity index (χ0) is 59.2. The summed E-state index contributed by atoms with van der Waals surface area (Å²) in [6.07, 6.45) is 93.6. The molecule has 0 saturated heterocycles. The largest absolute Gasteiger partial charge is 0.462 e. The lowest BCUT2D eigenvalue weighted by atomic mass is 10.0. The molecular weight excluding hydrogens is 1010 g/mol. The van der Waals surface area contributed by atoms with Crippen LogP contribution in [0, 0.1) is 0 Å². The molecule has 82 heavy (non-hydrogen) atoms. The van der Waals surface area contributed by atoms with Crippen LogP contribution >= 0.6 is 0 Å². The van der Waals surface area contributed by atoms with Crippen molar-refractivity contribution in [3.8, 4) is 0 Å². The molecule has 0 aromatic heterocycles. The fourth-order valence-electron chi connectivity index (χ4n) is 10.4. The van der Waals surface area contributed by atoms with E-state index in [-0.39, 0.29) is 31.6 Å². The SMILES string of the molecule is CC/C=C\C/C=C\C/C=C\C/C=C\C/C=C\CC(=O)OCC(COC(=O)CCCCCCCCCCCCCCC/C=C\C/C=C\CCCCCCC)OC(=O)CCCCCCCCCCCCCCCCCCCCCCCCCC. The molecule has 0 aliphatic rings. The fourth-order valence-corrected chi connectivity index (χ4v) is 10.4. The molecule has 0 fully saturated rings. The van der Waals surface area contributed by atoms with Gasteiger partial charge in [-0.25, -0.2) is 0 Å². The highest BCUT2D eigenvalue weighted by Gasteiger charge is 2.19. The van der Waals surface area contributed by atoms with Crippen LogP contribution in [0.1, 0.15) is 361 Å². The summed E-state index contributed by atoms with van der Waals surface area (Å²) in [7, 11) is 0. The molecule has 1 atom stereocenters. The maximum atomic E-state index is 13.0. The first-order chi connectivity index (χ1) is 40.5. The normalized spacial score (nSPS) is 12.6. The summed E-state index contributed by atoms with van der Waals surface area (Å²) < 4.78 is 16.9. The van der Waals surface area contributed by atoms with Crippen LogP contribution in [0.25, 0.3) is 0 Å². The fraction of sp³-hybridized carbons (Fsp3) is 0.776. The average molecular weight is 1140 g/mol. The highest BCUT2D eigenvalue weighted by atomic mass is 16.6. The number of unbranched alkanes of at least 4 members (excludes halogenated alkanes) is 41. The zero-order valence-electron chi connectivity index (χ0n) is 54.5. The van der Waals surface area contributed by atoms with Gasteiger partial charge in [-0.15, -0.1) is 0 Å². The van der Waals surface area contributed by atoms with Gasteiger partial charge in [0.15, 0.2) is 6.10 Å². The van der Waals surface area contributed by atoms with E-state index in [0.29, 0.717) is 12.8 Å². The Balaban J connectivity index is 4.34. The summed E-state index contributed by atoms with van der Waals surface area (Å²) in [5, 5.41) is 0. The van der Waals surface area contributed by atoms with Gasteiger partial charge in [-0.2, -0.15) is 0 Å². The van der Waals surface area contributed by atoms with Gasteiger partial charge in [0, 0.05) is 12.8 Å². The molecular formula is C76H134O6. The number of hydrogen-bond acceptors (Lipinski definition) is 6. The third-order valence-electron chi connectivity index (χ3n) is 15.7.